The fourth-order valence-corrected chi connectivity index (χ4v) is 1.76. The Balaban J connectivity index is 3.20. The minimum Gasteiger partial charge on any atom is -0.465 e. The molecule has 0 aromatic carbocycles. The molecule has 1 aromatic rings. The topological polar surface area (TPSA) is 106 Å². The van der Waals surface area contributed by atoms with Crippen molar-refractivity contribution >= 4 is 17.5 Å². The maximum atomic E-state index is 11.4. The second-order valence-corrected chi connectivity index (χ2v) is 4.98. The van der Waals surface area contributed by atoms with E-state index < -0.39 is 16.5 Å². The van der Waals surface area contributed by atoms with Crippen LogP contribution in [0.2, 0.25) is 0 Å². The molecule has 110 valence electrons. The van der Waals surface area contributed by atoms with Gasteiger partial charge >= 0.3 is 11.7 Å². The molecule has 0 unspecified atom stereocenters. The fourth-order valence-electron chi connectivity index (χ4n) is 1.76. The van der Waals surface area contributed by atoms with E-state index in [4.69, 9.17) is 0 Å². The largest absolute Gasteiger partial charge is 0.465 e. The molecule has 0 spiro atoms. The summed E-state index contributed by atoms with van der Waals surface area (Å²) in [5.74, 6) is -0.623. The number of aromatic nitrogens is 1. The second kappa shape index (κ2) is 5.83. The van der Waals surface area contributed by atoms with Crippen LogP contribution in [0.1, 0.15) is 24.2 Å². The van der Waals surface area contributed by atoms with Gasteiger partial charge in [-0.2, -0.15) is 0 Å². The van der Waals surface area contributed by atoms with Crippen molar-refractivity contribution in [3.8, 4) is 0 Å². The lowest BCUT2D eigenvalue weighted by Crippen LogP contribution is -2.37. The molecule has 0 saturated carbocycles. The van der Waals surface area contributed by atoms with Crippen molar-refractivity contribution in [2.45, 2.75) is 19.4 Å². The van der Waals surface area contributed by atoms with E-state index in [1.807, 2.05) is 0 Å². The third kappa shape index (κ3) is 3.89. The molecule has 0 bridgehead atoms. The number of carbonyl (C=O) groups is 1. The minimum absolute atomic E-state index is 0.000362. The molecule has 8 heteroatoms. The van der Waals surface area contributed by atoms with Gasteiger partial charge in [0.1, 0.15) is 0 Å². The van der Waals surface area contributed by atoms with Crippen LogP contribution < -0.4 is 4.90 Å². The Hall–Kier alpha value is -2.22. The van der Waals surface area contributed by atoms with Crippen LogP contribution in [0.25, 0.3) is 0 Å². The van der Waals surface area contributed by atoms with Crippen molar-refractivity contribution in [1.82, 2.24) is 4.98 Å². The summed E-state index contributed by atoms with van der Waals surface area (Å²) in [6.07, 6.45) is 1.20. The first kappa shape index (κ1) is 15.8. The molecule has 0 saturated heterocycles. The number of carbonyl (C=O) groups excluding carboxylic acids is 1. The predicted molar refractivity (Wildman–Crippen MR) is 71.8 cm³/mol. The number of hydrogen-bond acceptors (Lipinski definition) is 7. The molecule has 1 rings (SSSR count). The predicted octanol–water partition coefficient (Wildman–Crippen LogP) is 0.983. The number of pyridine rings is 1. The molecule has 20 heavy (non-hydrogen) atoms. The summed E-state index contributed by atoms with van der Waals surface area (Å²) in [5, 5.41) is 20.8. The highest BCUT2D eigenvalue weighted by Gasteiger charge is 2.25. The minimum atomic E-state index is -1.04. The third-order valence-electron chi connectivity index (χ3n) is 2.45. The number of hydrogen-bond donors (Lipinski definition) is 1. The molecule has 1 N–H and O–H groups in total. The lowest BCUT2D eigenvalue weighted by molar-refractivity contribution is -0.384. The zero-order chi connectivity index (χ0) is 15.5. The number of nitro groups is 1. The lowest BCUT2D eigenvalue weighted by Gasteiger charge is -2.26. The Morgan fingerprint density at radius 1 is 1.60 bits per heavy atom. The quantitative estimate of drug-likeness (QED) is 0.487. The van der Waals surface area contributed by atoms with Gasteiger partial charge in [0.25, 0.3) is 0 Å². The summed E-state index contributed by atoms with van der Waals surface area (Å²) in [7, 11) is 2.76. The molecule has 0 aliphatic rings. The Morgan fingerprint density at radius 2 is 2.20 bits per heavy atom. The molecule has 0 fully saturated rings. The monoisotopic (exact) mass is 283 g/mol. The molecule has 1 aromatic heterocycles. The van der Waals surface area contributed by atoms with E-state index in [0.29, 0.717) is 0 Å². The number of methoxy groups -OCH3 is 1. The Morgan fingerprint density at radius 3 is 2.65 bits per heavy atom. The van der Waals surface area contributed by atoms with E-state index >= 15 is 0 Å². The van der Waals surface area contributed by atoms with Crippen LogP contribution in [-0.4, -0.2) is 47.3 Å². The molecule has 8 nitrogen and oxygen atoms in total. The Kier molecular flexibility index (Phi) is 4.61. The van der Waals surface area contributed by atoms with Gasteiger partial charge in [0, 0.05) is 25.9 Å². The average Bonchev–Trinajstić information content (AvgIpc) is 2.34. The van der Waals surface area contributed by atoms with Gasteiger partial charge in [0.15, 0.2) is 0 Å². The summed E-state index contributed by atoms with van der Waals surface area (Å²) in [5.41, 5.74) is -1.36. The van der Waals surface area contributed by atoms with Gasteiger partial charge in [-0.05, 0) is 13.8 Å². The van der Waals surface area contributed by atoms with Crippen LogP contribution in [0.3, 0.4) is 0 Å². The number of aliphatic hydroxyl groups is 1. The van der Waals surface area contributed by atoms with Crippen LogP contribution in [-0.2, 0) is 4.74 Å². The maximum Gasteiger partial charge on any atom is 0.339 e. The molecule has 0 aliphatic heterocycles. The molecular weight excluding hydrogens is 266 g/mol. The van der Waals surface area contributed by atoms with Crippen molar-refractivity contribution in [3.05, 3.63) is 27.9 Å². The molecule has 0 radical (unpaired) electrons. The zero-order valence-corrected chi connectivity index (χ0v) is 11.8. The molecule has 0 aliphatic carbocycles. The molecule has 1 heterocycles. The van der Waals surface area contributed by atoms with Crippen molar-refractivity contribution in [2.75, 3.05) is 25.6 Å². The van der Waals surface area contributed by atoms with Gasteiger partial charge < -0.3 is 14.7 Å². The van der Waals surface area contributed by atoms with Crippen LogP contribution >= 0.6 is 0 Å². The van der Waals surface area contributed by atoms with Crippen LogP contribution in [0.15, 0.2) is 12.3 Å². The number of anilines is 1. The van der Waals surface area contributed by atoms with Crippen molar-refractivity contribution < 1.29 is 19.6 Å². The average molecular weight is 283 g/mol. The smallest absolute Gasteiger partial charge is 0.339 e. The highest BCUT2D eigenvalue weighted by atomic mass is 16.6. The SMILES string of the molecule is COC(=O)c1cnc(N(C)CC(C)(C)O)c([N+](=O)[O-])c1. The standard InChI is InChI=1S/C12H17N3O5/c1-12(2,17)7-14(3)10-9(15(18)19)5-8(6-13-10)11(16)20-4/h5-6,17H,7H2,1-4H3. The van der Waals surface area contributed by atoms with Crippen molar-refractivity contribution in [2.24, 2.45) is 0 Å². The van der Waals surface area contributed by atoms with E-state index in [9.17, 15) is 20.0 Å². The van der Waals surface area contributed by atoms with E-state index in [0.717, 1.165) is 6.07 Å². The molecule has 0 amide bonds. The van der Waals surface area contributed by atoms with Crippen LogP contribution in [0.4, 0.5) is 11.5 Å². The first-order chi connectivity index (χ1) is 9.15. The summed E-state index contributed by atoms with van der Waals surface area (Å²) in [6, 6.07) is 1.11. The number of esters is 1. The highest BCUT2D eigenvalue weighted by molar-refractivity contribution is 5.90. The third-order valence-corrected chi connectivity index (χ3v) is 2.45. The van der Waals surface area contributed by atoms with Crippen LogP contribution in [0.5, 0.6) is 0 Å². The first-order valence-corrected chi connectivity index (χ1v) is 5.82. The van der Waals surface area contributed by atoms with E-state index in [2.05, 4.69) is 9.72 Å². The highest BCUT2D eigenvalue weighted by Crippen LogP contribution is 2.26. The van der Waals surface area contributed by atoms with Gasteiger partial charge in [-0.1, -0.05) is 0 Å². The summed E-state index contributed by atoms with van der Waals surface area (Å²) >= 11 is 0. The van der Waals surface area contributed by atoms with E-state index in [1.165, 1.54) is 18.2 Å². The molecular formula is C12H17N3O5. The fraction of sp³-hybridized carbons (Fsp3) is 0.500. The summed E-state index contributed by atoms with van der Waals surface area (Å²) in [6.45, 7) is 3.31. The molecule has 0 atom stereocenters. The summed E-state index contributed by atoms with van der Waals surface area (Å²) < 4.78 is 4.50. The lowest BCUT2D eigenvalue weighted by atomic mass is 10.1. The second-order valence-electron chi connectivity index (χ2n) is 4.98. The van der Waals surface area contributed by atoms with Gasteiger partial charge in [-0.25, -0.2) is 9.78 Å². The van der Waals surface area contributed by atoms with Crippen molar-refractivity contribution in [3.63, 3.8) is 0 Å². The van der Waals surface area contributed by atoms with Gasteiger partial charge in [0.2, 0.25) is 5.82 Å². The van der Waals surface area contributed by atoms with Gasteiger partial charge in [0.05, 0.1) is 23.2 Å². The van der Waals surface area contributed by atoms with E-state index in [1.54, 1.807) is 20.9 Å². The maximum absolute atomic E-state index is 11.4. The zero-order valence-electron chi connectivity index (χ0n) is 11.8. The Labute approximate surface area is 116 Å². The number of likely N-dealkylation sites (N-methyl/N-ethyl adjacent to an activating group) is 1. The van der Waals surface area contributed by atoms with Crippen molar-refractivity contribution in [1.29, 1.82) is 0 Å². The Bertz CT molecular complexity index is 524. The normalized spacial score (nSPS) is 11.1. The number of ether oxygens (including phenoxy) is 1. The van der Waals surface area contributed by atoms with Gasteiger partial charge in [-0.15, -0.1) is 0 Å². The van der Waals surface area contributed by atoms with E-state index in [-0.39, 0.29) is 23.6 Å². The summed E-state index contributed by atoms with van der Waals surface area (Å²) in [4.78, 5) is 27.2. The van der Waals surface area contributed by atoms with Crippen LogP contribution in [0, 0.1) is 10.1 Å². The number of rotatable bonds is 5. The number of nitrogens with zero attached hydrogens (tertiary/aromatic N) is 3. The van der Waals surface area contributed by atoms with Gasteiger partial charge in [-0.3, -0.25) is 10.1 Å². The first-order valence-electron chi connectivity index (χ1n) is 5.82.